The molecule has 0 fully saturated rings. The van der Waals surface area contributed by atoms with Crippen molar-refractivity contribution < 1.29 is 17.9 Å². The summed E-state index contributed by atoms with van der Waals surface area (Å²) in [6, 6.07) is 15.7. The number of aromatic nitrogens is 1. The Morgan fingerprint density at radius 2 is 1.76 bits per heavy atom. The highest BCUT2D eigenvalue weighted by atomic mass is 32.2. The summed E-state index contributed by atoms with van der Waals surface area (Å²) in [5.41, 5.74) is 4.97. The lowest BCUT2D eigenvalue weighted by atomic mass is 10.0. The van der Waals surface area contributed by atoms with Gasteiger partial charge in [-0.25, -0.2) is 13.1 Å². The van der Waals surface area contributed by atoms with Crippen molar-refractivity contribution in [3.05, 3.63) is 81.8 Å². The number of pyridine rings is 1. The maximum Gasteiger partial charge on any atom is 0.254 e. The molecule has 8 heteroatoms. The zero-order valence-corrected chi connectivity index (χ0v) is 19.6. The van der Waals surface area contributed by atoms with Crippen LogP contribution in [0.5, 0.6) is 11.5 Å². The highest BCUT2D eigenvalue weighted by Crippen LogP contribution is 2.38. The second-order valence-electron chi connectivity index (χ2n) is 8.10. The van der Waals surface area contributed by atoms with Gasteiger partial charge in [-0.1, -0.05) is 30.3 Å². The Morgan fingerprint density at radius 3 is 2.42 bits per heavy atom. The minimum absolute atomic E-state index is 0.0150. The number of nitrogens with zero attached hydrogens (tertiary/aromatic N) is 1. The molecule has 0 bridgehead atoms. The molecule has 1 aliphatic carbocycles. The third-order valence-corrected chi connectivity index (χ3v) is 6.27. The van der Waals surface area contributed by atoms with Crippen LogP contribution in [-0.2, 0) is 37.2 Å². The van der Waals surface area contributed by atoms with Crippen LogP contribution in [0.25, 0.3) is 11.1 Å². The predicted molar refractivity (Wildman–Crippen MR) is 129 cm³/mol. The van der Waals surface area contributed by atoms with Crippen molar-refractivity contribution in [3.63, 3.8) is 0 Å². The summed E-state index contributed by atoms with van der Waals surface area (Å²) in [5.74, 6) is 1.21. The van der Waals surface area contributed by atoms with E-state index in [9.17, 15) is 13.2 Å². The highest BCUT2D eigenvalue weighted by molar-refractivity contribution is 7.70. The average molecular weight is 469 g/mol. The molecule has 0 saturated heterocycles. The molecule has 4 rings (SSSR count). The van der Waals surface area contributed by atoms with Crippen LogP contribution in [0.2, 0.25) is 0 Å². The second kappa shape index (κ2) is 10.2. The van der Waals surface area contributed by atoms with E-state index in [1.807, 2.05) is 37.3 Å². The van der Waals surface area contributed by atoms with Gasteiger partial charge in [0.1, 0.15) is 17.6 Å². The minimum atomic E-state index is -2.64. The summed E-state index contributed by atoms with van der Waals surface area (Å²) in [6.07, 6.45) is 3.98. The van der Waals surface area contributed by atoms with Crippen LogP contribution < -0.4 is 19.8 Å². The summed E-state index contributed by atoms with van der Waals surface area (Å²) in [4.78, 5) is 12.2. The summed E-state index contributed by atoms with van der Waals surface area (Å²) in [6.45, 7) is 2.61. The molecule has 2 aromatic carbocycles. The second-order valence-corrected chi connectivity index (χ2v) is 8.93. The van der Waals surface area contributed by atoms with Gasteiger partial charge >= 0.3 is 0 Å². The summed E-state index contributed by atoms with van der Waals surface area (Å²) < 4.78 is 38.0. The number of hydrogen-bond donors (Lipinski definition) is 2. The average Bonchev–Trinajstić information content (AvgIpc) is 3.19. The molecule has 1 heterocycles. The van der Waals surface area contributed by atoms with Gasteiger partial charge in [-0.05, 0) is 42.2 Å². The van der Waals surface area contributed by atoms with Crippen LogP contribution in [0.15, 0.2) is 59.5 Å². The highest BCUT2D eigenvalue weighted by Gasteiger charge is 2.24. The number of ether oxygens (including phenoxy) is 2. The van der Waals surface area contributed by atoms with Gasteiger partial charge in [-0.15, -0.1) is 0 Å². The first-order valence-electron chi connectivity index (χ1n) is 11.0. The summed E-state index contributed by atoms with van der Waals surface area (Å²) in [7, 11) is -0.935. The summed E-state index contributed by atoms with van der Waals surface area (Å²) >= 11 is 0. The summed E-state index contributed by atoms with van der Waals surface area (Å²) in [5, 5.41) is 0. The fraction of sp³-hybridized carbons (Fsp3) is 0.320. The van der Waals surface area contributed by atoms with Crippen molar-refractivity contribution >= 4 is 10.9 Å². The fourth-order valence-electron chi connectivity index (χ4n) is 4.21. The zero-order valence-electron chi connectivity index (χ0n) is 18.7. The fourth-order valence-corrected chi connectivity index (χ4v) is 4.50. The van der Waals surface area contributed by atoms with Crippen molar-refractivity contribution in [2.45, 2.75) is 32.3 Å². The van der Waals surface area contributed by atoms with E-state index in [4.69, 9.17) is 9.47 Å². The van der Waals surface area contributed by atoms with Crippen LogP contribution in [-0.4, -0.2) is 32.2 Å². The van der Waals surface area contributed by atoms with Crippen molar-refractivity contribution in [1.82, 2.24) is 9.29 Å². The molecule has 7 nitrogen and oxygen atoms in total. The van der Waals surface area contributed by atoms with Crippen molar-refractivity contribution in [2.24, 2.45) is 7.05 Å². The molecule has 33 heavy (non-hydrogen) atoms. The third-order valence-electron chi connectivity index (χ3n) is 5.79. The van der Waals surface area contributed by atoms with Crippen LogP contribution in [0, 0.1) is 0 Å². The lowest BCUT2D eigenvalue weighted by Gasteiger charge is -2.20. The van der Waals surface area contributed by atoms with Crippen LogP contribution in [0.1, 0.15) is 23.6 Å². The van der Waals surface area contributed by atoms with Gasteiger partial charge in [0.2, 0.25) is 10.9 Å². The van der Waals surface area contributed by atoms with Gasteiger partial charge in [0, 0.05) is 49.8 Å². The Balaban J connectivity index is 1.71. The van der Waals surface area contributed by atoms with Crippen LogP contribution in [0.4, 0.5) is 0 Å². The number of hydrogen-bond acceptors (Lipinski definition) is 5. The first-order chi connectivity index (χ1) is 15.9. The Labute approximate surface area is 195 Å². The molecule has 0 saturated carbocycles. The first-order valence-corrected chi connectivity index (χ1v) is 12.2. The van der Waals surface area contributed by atoms with E-state index in [-0.39, 0.29) is 11.7 Å². The lowest BCUT2D eigenvalue weighted by molar-refractivity contribution is 0.214. The Hall–Kier alpha value is -3.10. The minimum Gasteiger partial charge on any atom is -0.493 e. The molecule has 0 spiro atoms. The van der Waals surface area contributed by atoms with Gasteiger partial charge in [0.05, 0.1) is 6.61 Å². The molecule has 3 aromatic rings. The van der Waals surface area contributed by atoms with Gasteiger partial charge in [-0.2, -0.15) is 0 Å². The molecule has 1 aromatic heterocycles. The van der Waals surface area contributed by atoms with Gasteiger partial charge in [0.25, 0.3) is 5.56 Å². The number of thiol groups is 1. The van der Waals surface area contributed by atoms with Crippen molar-refractivity contribution in [3.8, 4) is 22.6 Å². The van der Waals surface area contributed by atoms with E-state index in [2.05, 4.69) is 16.9 Å². The molecular formula is C25H28N2O5S. The monoisotopic (exact) mass is 468 g/mol. The normalized spacial score (nSPS) is 13.3. The lowest BCUT2D eigenvalue weighted by Crippen LogP contribution is -2.18. The quantitative estimate of drug-likeness (QED) is 0.472. The predicted octanol–water partition coefficient (Wildman–Crippen LogP) is 2.66. The smallest absolute Gasteiger partial charge is 0.254 e. The topological polar surface area (TPSA) is 86.6 Å². The van der Waals surface area contributed by atoms with E-state index < -0.39 is 10.9 Å². The third kappa shape index (κ3) is 5.46. The molecule has 0 aliphatic heterocycles. The number of benzene rings is 2. The maximum absolute atomic E-state index is 12.2. The van der Waals surface area contributed by atoms with E-state index in [0.29, 0.717) is 31.1 Å². The Kier molecular flexibility index (Phi) is 7.15. The van der Waals surface area contributed by atoms with E-state index in [0.717, 1.165) is 29.5 Å². The SMILES string of the molecule is CCOc1cc(=O)n(C)cc1-c1cc(CCN[SH](=O)=O)ccc1OC1Cc2ccccc2C1. The Morgan fingerprint density at radius 1 is 1.03 bits per heavy atom. The van der Waals surface area contributed by atoms with E-state index in [1.165, 1.54) is 21.8 Å². The van der Waals surface area contributed by atoms with Gasteiger partial charge in [-0.3, -0.25) is 4.79 Å². The number of fused-ring (bicyclic) bond motifs is 1. The Bertz CT molecular complexity index is 1250. The molecule has 1 aliphatic rings. The van der Waals surface area contributed by atoms with Crippen LogP contribution in [0.3, 0.4) is 0 Å². The van der Waals surface area contributed by atoms with Crippen molar-refractivity contribution in [1.29, 1.82) is 0 Å². The largest absolute Gasteiger partial charge is 0.493 e. The molecule has 1 N–H and O–H groups in total. The molecule has 0 radical (unpaired) electrons. The molecule has 0 amide bonds. The number of rotatable bonds is 9. The number of nitrogens with one attached hydrogen (secondary N) is 1. The molecule has 0 unspecified atom stereocenters. The van der Waals surface area contributed by atoms with Gasteiger partial charge in [0.15, 0.2) is 0 Å². The first kappa shape index (κ1) is 23.1. The van der Waals surface area contributed by atoms with E-state index in [1.54, 1.807) is 13.2 Å². The maximum atomic E-state index is 12.2. The van der Waals surface area contributed by atoms with Crippen molar-refractivity contribution in [2.75, 3.05) is 13.2 Å². The molecule has 174 valence electrons. The molecular weight excluding hydrogens is 440 g/mol. The van der Waals surface area contributed by atoms with Crippen LogP contribution >= 0.6 is 0 Å². The number of aryl methyl sites for hydroxylation is 1. The van der Waals surface area contributed by atoms with E-state index >= 15 is 0 Å². The zero-order chi connectivity index (χ0) is 23.4. The molecule has 0 atom stereocenters. The standard InChI is InChI=1S/C25H28N2O5S/c1-3-31-24-15-25(28)27(2)16-22(24)21-12-17(10-11-26-33(29)30)8-9-23(21)32-20-13-18-6-4-5-7-19(18)14-20/h4-9,12,15-16,20,33H,3,10-11,13-14H2,1-2H3,(H,26,29,30). The van der Waals surface area contributed by atoms with Gasteiger partial charge < -0.3 is 14.0 Å².